The van der Waals surface area contributed by atoms with E-state index >= 15 is 0 Å². The molecule has 0 saturated carbocycles. The molecule has 5 nitrogen and oxygen atoms in total. The number of nitrogens with zero attached hydrogens (tertiary/aromatic N) is 2. The molecule has 0 N–H and O–H groups in total. The lowest BCUT2D eigenvalue weighted by Crippen LogP contribution is -2.49. The van der Waals surface area contributed by atoms with Gasteiger partial charge in [-0.1, -0.05) is 18.2 Å². The number of hydrogen-bond donors (Lipinski definition) is 0. The van der Waals surface area contributed by atoms with Gasteiger partial charge >= 0.3 is 0 Å². The minimum absolute atomic E-state index is 0.132. The minimum Gasteiger partial charge on any atom is -0.497 e. The van der Waals surface area contributed by atoms with Gasteiger partial charge in [0.1, 0.15) is 11.5 Å². The van der Waals surface area contributed by atoms with Crippen molar-refractivity contribution in [1.82, 2.24) is 9.80 Å². The molecule has 0 aromatic heterocycles. The minimum atomic E-state index is 0.132. The van der Waals surface area contributed by atoms with Gasteiger partial charge in [0.2, 0.25) is 0 Å². The van der Waals surface area contributed by atoms with E-state index in [0.717, 1.165) is 56.2 Å². The van der Waals surface area contributed by atoms with Gasteiger partial charge in [0.15, 0.2) is 0 Å². The maximum atomic E-state index is 12.4. The Labute approximate surface area is 155 Å². The number of rotatable bonds is 7. The average Bonchev–Trinajstić information content (AvgIpc) is 2.72. The second-order valence-corrected chi connectivity index (χ2v) is 6.38. The van der Waals surface area contributed by atoms with Crippen molar-refractivity contribution < 1.29 is 14.3 Å². The fourth-order valence-electron chi connectivity index (χ4n) is 3.09. The maximum absolute atomic E-state index is 12.4. The standard InChI is InChI=1S/C21H26N2O3/c1-25-19-8-10-20(11-9-19)26-17-5-12-22-13-15-23(16-14-22)21(24)18-6-3-2-4-7-18/h2-4,6-11H,5,12-17H2,1H3. The van der Waals surface area contributed by atoms with E-state index in [2.05, 4.69) is 4.90 Å². The van der Waals surface area contributed by atoms with E-state index in [1.807, 2.05) is 59.5 Å². The van der Waals surface area contributed by atoms with Gasteiger partial charge in [0.25, 0.3) is 5.91 Å². The summed E-state index contributed by atoms with van der Waals surface area (Å²) in [5.74, 6) is 1.83. The molecule has 1 aliphatic heterocycles. The second-order valence-electron chi connectivity index (χ2n) is 6.38. The Balaban J connectivity index is 1.34. The number of ether oxygens (including phenoxy) is 2. The average molecular weight is 354 g/mol. The zero-order valence-electron chi connectivity index (χ0n) is 15.3. The molecule has 5 heteroatoms. The van der Waals surface area contributed by atoms with Crippen molar-refractivity contribution >= 4 is 5.91 Å². The van der Waals surface area contributed by atoms with Crippen LogP contribution in [-0.2, 0) is 0 Å². The number of methoxy groups -OCH3 is 1. The molecule has 1 fully saturated rings. The van der Waals surface area contributed by atoms with Crippen molar-refractivity contribution in [2.75, 3.05) is 46.4 Å². The van der Waals surface area contributed by atoms with E-state index in [-0.39, 0.29) is 5.91 Å². The zero-order valence-corrected chi connectivity index (χ0v) is 15.3. The van der Waals surface area contributed by atoms with E-state index in [9.17, 15) is 4.79 Å². The number of hydrogen-bond acceptors (Lipinski definition) is 4. The first-order chi connectivity index (χ1) is 12.8. The van der Waals surface area contributed by atoms with E-state index in [4.69, 9.17) is 9.47 Å². The molecule has 0 aliphatic carbocycles. The first-order valence-electron chi connectivity index (χ1n) is 9.10. The molecule has 0 bridgehead atoms. The maximum Gasteiger partial charge on any atom is 0.253 e. The van der Waals surface area contributed by atoms with Gasteiger partial charge in [-0.3, -0.25) is 9.69 Å². The number of carbonyl (C=O) groups excluding carboxylic acids is 1. The van der Waals surface area contributed by atoms with E-state index in [1.54, 1.807) is 7.11 Å². The summed E-state index contributed by atoms with van der Waals surface area (Å²) in [6.45, 7) is 5.08. The van der Waals surface area contributed by atoms with Gasteiger partial charge in [0, 0.05) is 38.3 Å². The second kappa shape index (κ2) is 9.25. The summed E-state index contributed by atoms with van der Waals surface area (Å²) in [5, 5.41) is 0. The van der Waals surface area contributed by atoms with Crippen LogP contribution >= 0.6 is 0 Å². The Morgan fingerprint density at radius 1 is 0.923 bits per heavy atom. The van der Waals surface area contributed by atoms with Crippen LogP contribution in [0.5, 0.6) is 11.5 Å². The summed E-state index contributed by atoms with van der Waals surface area (Å²) in [6.07, 6.45) is 0.971. The van der Waals surface area contributed by atoms with Crippen LogP contribution in [0.2, 0.25) is 0 Å². The van der Waals surface area contributed by atoms with E-state index < -0.39 is 0 Å². The van der Waals surface area contributed by atoms with Gasteiger partial charge in [-0.25, -0.2) is 0 Å². The molecule has 26 heavy (non-hydrogen) atoms. The molecule has 3 rings (SSSR count). The highest BCUT2D eigenvalue weighted by molar-refractivity contribution is 5.94. The van der Waals surface area contributed by atoms with Crippen molar-refractivity contribution in [2.45, 2.75) is 6.42 Å². The predicted molar refractivity (Wildman–Crippen MR) is 102 cm³/mol. The molecule has 0 atom stereocenters. The number of piperazine rings is 1. The summed E-state index contributed by atoms with van der Waals surface area (Å²) >= 11 is 0. The van der Waals surface area contributed by atoms with Crippen LogP contribution in [0.4, 0.5) is 0 Å². The molecule has 1 heterocycles. The van der Waals surface area contributed by atoms with Crippen LogP contribution in [-0.4, -0.2) is 62.1 Å². The molecule has 1 amide bonds. The Kier molecular flexibility index (Phi) is 6.50. The number of carbonyl (C=O) groups is 1. The lowest BCUT2D eigenvalue weighted by Gasteiger charge is -2.34. The molecule has 0 radical (unpaired) electrons. The summed E-state index contributed by atoms with van der Waals surface area (Å²) in [7, 11) is 1.66. The molecule has 2 aromatic rings. The Morgan fingerprint density at radius 3 is 2.23 bits per heavy atom. The highest BCUT2D eigenvalue weighted by atomic mass is 16.5. The Hall–Kier alpha value is -2.53. The molecule has 1 saturated heterocycles. The first-order valence-corrected chi connectivity index (χ1v) is 9.10. The fourth-order valence-corrected chi connectivity index (χ4v) is 3.09. The Bertz CT molecular complexity index is 680. The third kappa shape index (κ3) is 4.99. The van der Waals surface area contributed by atoms with Crippen molar-refractivity contribution in [1.29, 1.82) is 0 Å². The molecule has 1 aliphatic rings. The van der Waals surface area contributed by atoms with Crippen molar-refractivity contribution in [2.24, 2.45) is 0 Å². The summed E-state index contributed by atoms with van der Waals surface area (Å²) in [5.41, 5.74) is 0.772. The molecular formula is C21H26N2O3. The molecule has 0 unspecified atom stereocenters. The SMILES string of the molecule is COc1ccc(OCCCN2CCN(C(=O)c3ccccc3)CC2)cc1. The quantitative estimate of drug-likeness (QED) is 0.717. The lowest BCUT2D eigenvalue weighted by molar-refractivity contribution is 0.0630. The van der Waals surface area contributed by atoms with Gasteiger partial charge in [-0.2, -0.15) is 0 Å². The molecule has 138 valence electrons. The topological polar surface area (TPSA) is 42.0 Å². The van der Waals surface area contributed by atoms with Gasteiger partial charge in [-0.15, -0.1) is 0 Å². The van der Waals surface area contributed by atoms with Gasteiger partial charge in [0.05, 0.1) is 13.7 Å². The Morgan fingerprint density at radius 2 is 1.58 bits per heavy atom. The van der Waals surface area contributed by atoms with Crippen LogP contribution in [0.3, 0.4) is 0 Å². The first kappa shape index (κ1) is 18.3. The van der Waals surface area contributed by atoms with E-state index in [1.165, 1.54) is 0 Å². The predicted octanol–water partition coefficient (Wildman–Crippen LogP) is 2.92. The van der Waals surface area contributed by atoms with Gasteiger partial charge in [-0.05, 0) is 42.8 Å². The summed E-state index contributed by atoms with van der Waals surface area (Å²) in [4.78, 5) is 16.8. The number of amides is 1. The summed E-state index contributed by atoms with van der Waals surface area (Å²) in [6, 6.07) is 17.2. The molecular weight excluding hydrogens is 328 g/mol. The molecule has 2 aromatic carbocycles. The van der Waals surface area contributed by atoms with Crippen LogP contribution in [0.25, 0.3) is 0 Å². The highest BCUT2D eigenvalue weighted by Gasteiger charge is 2.21. The fraction of sp³-hybridized carbons (Fsp3) is 0.381. The third-order valence-corrected chi connectivity index (χ3v) is 4.63. The van der Waals surface area contributed by atoms with Crippen LogP contribution in [0, 0.1) is 0 Å². The monoisotopic (exact) mass is 354 g/mol. The highest BCUT2D eigenvalue weighted by Crippen LogP contribution is 2.17. The van der Waals surface area contributed by atoms with Crippen LogP contribution < -0.4 is 9.47 Å². The number of benzene rings is 2. The van der Waals surface area contributed by atoms with Crippen molar-refractivity contribution in [3.63, 3.8) is 0 Å². The zero-order chi connectivity index (χ0) is 18.2. The lowest BCUT2D eigenvalue weighted by atomic mass is 10.2. The van der Waals surface area contributed by atoms with E-state index in [0.29, 0.717) is 6.61 Å². The van der Waals surface area contributed by atoms with Crippen molar-refractivity contribution in [3.05, 3.63) is 60.2 Å². The van der Waals surface area contributed by atoms with Crippen LogP contribution in [0.1, 0.15) is 16.8 Å². The van der Waals surface area contributed by atoms with Crippen LogP contribution in [0.15, 0.2) is 54.6 Å². The summed E-state index contributed by atoms with van der Waals surface area (Å²) < 4.78 is 10.9. The normalized spacial score (nSPS) is 14.9. The smallest absolute Gasteiger partial charge is 0.253 e. The largest absolute Gasteiger partial charge is 0.497 e. The van der Waals surface area contributed by atoms with Gasteiger partial charge < -0.3 is 14.4 Å². The molecule has 0 spiro atoms. The van der Waals surface area contributed by atoms with Crippen molar-refractivity contribution in [3.8, 4) is 11.5 Å². The third-order valence-electron chi connectivity index (χ3n) is 4.63.